The molecule has 1 aromatic carbocycles. The monoisotopic (exact) mass is 245 g/mol. The molecule has 1 aromatic rings. The molecule has 1 amide bonds. The largest absolute Gasteiger partial charge is 0.311 e. The van der Waals surface area contributed by atoms with Crippen molar-refractivity contribution < 1.29 is 4.79 Å². The standard InChI is InChI=1S/C12H8ClN3O/c13-10-4-12(17)16(7-10)11-2-1-8(5-14)9(3-11)6-15/h1-3,10H,4,7H2. The van der Waals surface area contributed by atoms with E-state index < -0.39 is 0 Å². The molecule has 1 unspecified atom stereocenters. The Hall–Kier alpha value is -2.04. The lowest BCUT2D eigenvalue weighted by Crippen LogP contribution is -2.24. The fourth-order valence-corrected chi connectivity index (χ4v) is 2.07. The van der Waals surface area contributed by atoms with Crippen molar-refractivity contribution in [3.8, 4) is 12.1 Å². The number of halogens is 1. The first-order valence-electron chi connectivity index (χ1n) is 5.04. The van der Waals surface area contributed by atoms with Crippen LogP contribution in [-0.2, 0) is 4.79 Å². The highest BCUT2D eigenvalue weighted by Crippen LogP contribution is 2.25. The summed E-state index contributed by atoms with van der Waals surface area (Å²) in [6.07, 6.45) is 0.309. The Morgan fingerprint density at radius 2 is 2.00 bits per heavy atom. The number of hydrogen-bond acceptors (Lipinski definition) is 3. The van der Waals surface area contributed by atoms with E-state index in [4.69, 9.17) is 22.1 Å². The van der Waals surface area contributed by atoms with E-state index in [1.54, 1.807) is 23.1 Å². The molecular formula is C12H8ClN3O. The zero-order valence-corrected chi connectivity index (χ0v) is 9.61. The number of carbonyl (C=O) groups excluding carboxylic acids is 1. The van der Waals surface area contributed by atoms with E-state index >= 15 is 0 Å². The Morgan fingerprint density at radius 1 is 1.29 bits per heavy atom. The van der Waals surface area contributed by atoms with Crippen molar-refractivity contribution in [3.05, 3.63) is 29.3 Å². The van der Waals surface area contributed by atoms with Crippen LogP contribution in [-0.4, -0.2) is 17.8 Å². The maximum absolute atomic E-state index is 11.6. The summed E-state index contributed by atoms with van der Waals surface area (Å²) >= 11 is 5.90. The van der Waals surface area contributed by atoms with Gasteiger partial charge in [-0.2, -0.15) is 10.5 Å². The summed E-state index contributed by atoms with van der Waals surface area (Å²) in [7, 11) is 0. The molecule has 2 rings (SSSR count). The number of rotatable bonds is 1. The third kappa shape index (κ3) is 2.08. The highest BCUT2D eigenvalue weighted by Gasteiger charge is 2.29. The zero-order chi connectivity index (χ0) is 12.4. The third-order valence-electron chi connectivity index (χ3n) is 2.63. The van der Waals surface area contributed by atoms with Crippen LogP contribution in [0.1, 0.15) is 17.5 Å². The van der Waals surface area contributed by atoms with Crippen LogP contribution in [0.25, 0.3) is 0 Å². The molecule has 0 N–H and O–H groups in total. The molecular weight excluding hydrogens is 238 g/mol. The van der Waals surface area contributed by atoms with Crippen LogP contribution in [0.2, 0.25) is 0 Å². The van der Waals surface area contributed by atoms with Gasteiger partial charge in [-0.05, 0) is 18.2 Å². The van der Waals surface area contributed by atoms with E-state index in [0.29, 0.717) is 24.2 Å². The Kier molecular flexibility index (Phi) is 2.99. The average molecular weight is 246 g/mol. The van der Waals surface area contributed by atoms with Crippen LogP contribution in [0.4, 0.5) is 5.69 Å². The molecule has 0 aliphatic carbocycles. The van der Waals surface area contributed by atoms with Gasteiger partial charge in [0.05, 0.1) is 16.5 Å². The zero-order valence-electron chi connectivity index (χ0n) is 8.85. The maximum Gasteiger partial charge on any atom is 0.228 e. The van der Waals surface area contributed by atoms with Gasteiger partial charge in [-0.25, -0.2) is 0 Å². The molecule has 84 valence electrons. The molecule has 5 heteroatoms. The normalized spacial score (nSPS) is 18.9. The number of anilines is 1. The van der Waals surface area contributed by atoms with Crippen LogP contribution in [0.5, 0.6) is 0 Å². The first kappa shape index (κ1) is 11.4. The number of alkyl halides is 1. The van der Waals surface area contributed by atoms with E-state index in [0.717, 1.165) is 0 Å². The summed E-state index contributed by atoms with van der Waals surface area (Å²) in [5.41, 5.74) is 1.20. The highest BCUT2D eigenvalue weighted by molar-refractivity contribution is 6.24. The second-order valence-electron chi connectivity index (χ2n) is 3.76. The minimum Gasteiger partial charge on any atom is -0.311 e. The van der Waals surface area contributed by atoms with Gasteiger partial charge in [0.15, 0.2) is 0 Å². The van der Waals surface area contributed by atoms with Gasteiger partial charge in [-0.3, -0.25) is 4.79 Å². The smallest absolute Gasteiger partial charge is 0.228 e. The van der Waals surface area contributed by atoms with Crippen LogP contribution in [0.3, 0.4) is 0 Å². The van der Waals surface area contributed by atoms with Crippen LogP contribution >= 0.6 is 11.6 Å². The summed E-state index contributed by atoms with van der Waals surface area (Å²) in [6, 6.07) is 8.63. The minimum absolute atomic E-state index is 0.0569. The topological polar surface area (TPSA) is 67.9 Å². The average Bonchev–Trinajstić information content (AvgIpc) is 2.67. The van der Waals surface area contributed by atoms with E-state index in [1.165, 1.54) is 0 Å². The van der Waals surface area contributed by atoms with E-state index in [1.807, 2.05) is 12.1 Å². The number of amides is 1. The lowest BCUT2D eigenvalue weighted by Gasteiger charge is -2.16. The van der Waals surface area contributed by atoms with Gasteiger partial charge in [-0.15, -0.1) is 11.6 Å². The number of nitriles is 2. The summed E-state index contributed by atoms with van der Waals surface area (Å²) in [4.78, 5) is 13.2. The van der Waals surface area contributed by atoms with Gasteiger partial charge < -0.3 is 4.90 Å². The molecule has 0 bridgehead atoms. The van der Waals surface area contributed by atoms with Gasteiger partial charge in [-0.1, -0.05) is 0 Å². The summed E-state index contributed by atoms with van der Waals surface area (Å²) in [6.45, 7) is 0.442. The van der Waals surface area contributed by atoms with Crippen molar-refractivity contribution in [2.45, 2.75) is 11.8 Å². The summed E-state index contributed by atoms with van der Waals surface area (Å²) < 4.78 is 0. The second-order valence-corrected chi connectivity index (χ2v) is 4.38. The van der Waals surface area contributed by atoms with Gasteiger partial charge in [0, 0.05) is 18.7 Å². The van der Waals surface area contributed by atoms with Crippen LogP contribution in [0, 0.1) is 22.7 Å². The molecule has 1 heterocycles. The van der Waals surface area contributed by atoms with Crippen LogP contribution in [0.15, 0.2) is 18.2 Å². The van der Waals surface area contributed by atoms with Crippen molar-refractivity contribution in [1.82, 2.24) is 0 Å². The Bertz CT molecular complexity index is 556. The molecule has 1 aliphatic rings. The number of nitrogens with zero attached hydrogens (tertiary/aromatic N) is 3. The van der Waals surface area contributed by atoms with E-state index in [9.17, 15) is 4.79 Å². The fourth-order valence-electron chi connectivity index (χ4n) is 1.80. The third-order valence-corrected chi connectivity index (χ3v) is 2.93. The lowest BCUT2D eigenvalue weighted by atomic mass is 10.1. The predicted molar refractivity (Wildman–Crippen MR) is 62.5 cm³/mol. The van der Waals surface area contributed by atoms with Crippen molar-refractivity contribution in [1.29, 1.82) is 10.5 Å². The molecule has 1 aliphatic heterocycles. The van der Waals surface area contributed by atoms with Gasteiger partial charge in [0.25, 0.3) is 0 Å². The molecule has 17 heavy (non-hydrogen) atoms. The fraction of sp³-hybridized carbons (Fsp3) is 0.250. The van der Waals surface area contributed by atoms with Crippen LogP contribution < -0.4 is 4.90 Å². The quantitative estimate of drug-likeness (QED) is 0.708. The Morgan fingerprint density at radius 3 is 2.53 bits per heavy atom. The SMILES string of the molecule is N#Cc1ccc(N2CC(Cl)CC2=O)cc1C#N. The second kappa shape index (κ2) is 4.45. The molecule has 1 saturated heterocycles. The van der Waals surface area contributed by atoms with Gasteiger partial charge in [0.2, 0.25) is 5.91 Å². The molecule has 1 atom stereocenters. The molecule has 1 fully saturated rings. The maximum atomic E-state index is 11.6. The van der Waals surface area contributed by atoms with Crippen molar-refractivity contribution in [3.63, 3.8) is 0 Å². The number of benzene rings is 1. The van der Waals surface area contributed by atoms with Crippen molar-refractivity contribution >= 4 is 23.2 Å². The summed E-state index contributed by atoms with van der Waals surface area (Å²) in [5, 5.41) is 17.5. The van der Waals surface area contributed by atoms with Crippen molar-refractivity contribution in [2.75, 3.05) is 11.4 Å². The van der Waals surface area contributed by atoms with E-state index in [-0.39, 0.29) is 16.8 Å². The molecule has 4 nitrogen and oxygen atoms in total. The number of hydrogen-bond donors (Lipinski definition) is 0. The molecule has 0 aromatic heterocycles. The van der Waals surface area contributed by atoms with Gasteiger partial charge in [0.1, 0.15) is 12.1 Å². The molecule has 0 radical (unpaired) electrons. The molecule has 0 saturated carbocycles. The molecule has 0 spiro atoms. The predicted octanol–water partition coefficient (Wildman–Crippen LogP) is 1.77. The van der Waals surface area contributed by atoms with Gasteiger partial charge >= 0.3 is 0 Å². The Balaban J connectivity index is 2.39. The first-order chi connectivity index (χ1) is 8.15. The van der Waals surface area contributed by atoms with Crippen molar-refractivity contribution in [2.24, 2.45) is 0 Å². The lowest BCUT2D eigenvalue weighted by molar-refractivity contribution is -0.117. The minimum atomic E-state index is -0.191. The first-order valence-corrected chi connectivity index (χ1v) is 5.48. The number of carbonyl (C=O) groups is 1. The van der Waals surface area contributed by atoms with E-state index in [2.05, 4.69) is 0 Å². The summed E-state index contributed by atoms with van der Waals surface area (Å²) in [5.74, 6) is -0.0569. The highest BCUT2D eigenvalue weighted by atomic mass is 35.5. The Labute approximate surface area is 104 Å².